The Hall–Kier alpha value is -3.99. The molecule has 3 N–H and O–H groups in total. The van der Waals surface area contributed by atoms with E-state index in [1.54, 1.807) is 17.9 Å². The zero-order chi connectivity index (χ0) is 32.2. The maximum atomic E-state index is 13.6. The standard InChI is InChI=1S/C33H48N6O5/c1-8-9-24-18-23(4)39(34)31(41)28(24)21-35-30(40)27-19-25(20-29-26(27)10-11-38(29)22(2)3)43-17-16-36-12-14-37(15-13-36)32(42)44-33(5,6)7/h10-11,18-20,22H,8-9,12-17,21,34H2,1-7H3,(H,35,40). The lowest BCUT2D eigenvalue weighted by Crippen LogP contribution is -2.50. The fourth-order valence-electron chi connectivity index (χ4n) is 5.53. The molecular formula is C33H48N6O5. The molecule has 240 valence electrons. The molecular weight excluding hydrogens is 560 g/mol. The monoisotopic (exact) mass is 608 g/mol. The van der Waals surface area contributed by atoms with Crippen LogP contribution in [-0.4, -0.2) is 76.0 Å². The van der Waals surface area contributed by atoms with Crippen LogP contribution in [0.3, 0.4) is 0 Å². The Balaban J connectivity index is 1.46. The van der Waals surface area contributed by atoms with E-state index in [0.717, 1.165) is 47.1 Å². The Bertz CT molecular complexity index is 1540. The minimum Gasteiger partial charge on any atom is -0.492 e. The van der Waals surface area contributed by atoms with Crippen molar-refractivity contribution in [3.8, 4) is 5.75 Å². The average molecular weight is 609 g/mol. The molecule has 0 aliphatic carbocycles. The Morgan fingerprint density at radius 1 is 1.09 bits per heavy atom. The average Bonchev–Trinajstić information content (AvgIpc) is 3.39. The third-order valence-electron chi connectivity index (χ3n) is 7.89. The number of carbonyl (C=O) groups is 2. The fourth-order valence-corrected chi connectivity index (χ4v) is 5.53. The van der Waals surface area contributed by atoms with Gasteiger partial charge < -0.3 is 30.1 Å². The molecule has 2 amide bonds. The van der Waals surface area contributed by atoms with Gasteiger partial charge in [0.1, 0.15) is 18.0 Å². The number of rotatable bonds is 10. The zero-order valence-corrected chi connectivity index (χ0v) is 27.2. The van der Waals surface area contributed by atoms with Crippen LogP contribution in [0.15, 0.2) is 35.3 Å². The summed E-state index contributed by atoms with van der Waals surface area (Å²) >= 11 is 0. The molecule has 0 unspecified atom stereocenters. The number of nitrogens with zero attached hydrogens (tertiary/aromatic N) is 4. The van der Waals surface area contributed by atoms with Crippen molar-refractivity contribution < 1.29 is 19.1 Å². The largest absolute Gasteiger partial charge is 0.492 e. The molecule has 0 spiro atoms. The molecule has 0 radical (unpaired) electrons. The number of hydrogen-bond donors (Lipinski definition) is 2. The van der Waals surface area contributed by atoms with Crippen LogP contribution in [0.25, 0.3) is 10.9 Å². The highest BCUT2D eigenvalue weighted by atomic mass is 16.6. The molecule has 1 saturated heterocycles. The lowest BCUT2D eigenvalue weighted by Gasteiger charge is -2.35. The Morgan fingerprint density at radius 3 is 2.43 bits per heavy atom. The van der Waals surface area contributed by atoms with Crippen LogP contribution in [0.1, 0.15) is 81.2 Å². The van der Waals surface area contributed by atoms with Gasteiger partial charge >= 0.3 is 6.09 Å². The van der Waals surface area contributed by atoms with Gasteiger partial charge in [-0.15, -0.1) is 0 Å². The predicted octanol–water partition coefficient (Wildman–Crippen LogP) is 4.22. The fraction of sp³-hybridized carbons (Fsp3) is 0.545. The van der Waals surface area contributed by atoms with Crippen molar-refractivity contribution in [1.29, 1.82) is 0 Å². The number of aryl methyl sites for hydroxylation is 2. The van der Waals surface area contributed by atoms with E-state index in [9.17, 15) is 14.4 Å². The van der Waals surface area contributed by atoms with E-state index in [4.69, 9.17) is 15.3 Å². The minimum atomic E-state index is -0.515. The summed E-state index contributed by atoms with van der Waals surface area (Å²) in [5, 5.41) is 3.79. The number of piperazine rings is 1. The summed E-state index contributed by atoms with van der Waals surface area (Å²) < 4.78 is 14.9. The second-order valence-corrected chi connectivity index (χ2v) is 12.8. The highest BCUT2D eigenvalue weighted by Crippen LogP contribution is 2.29. The van der Waals surface area contributed by atoms with Gasteiger partial charge in [-0.25, -0.2) is 9.47 Å². The van der Waals surface area contributed by atoms with Crippen LogP contribution in [0.4, 0.5) is 4.79 Å². The topological polar surface area (TPSA) is 124 Å². The number of nitrogen functional groups attached to an aromatic ring is 1. The maximum absolute atomic E-state index is 13.6. The first-order chi connectivity index (χ1) is 20.8. The number of amides is 2. The number of hydrogen-bond acceptors (Lipinski definition) is 7. The quantitative estimate of drug-likeness (QED) is 0.330. The van der Waals surface area contributed by atoms with Crippen LogP contribution < -0.4 is 21.5 Å². The molecule has 4 rings (SSSR count). The summed E-state index contributed by atoms with van der Waals surface area (Å²) in [6, 6.07) is 7.79. The maximum Gasteiger partial charge on any atom is 0.410 e. The lowest BCUT2D eigenvalue weighted by atomic mass is 10.0. The Kier molecular flexibility index (Phi) is 10.3. The first-order valence-corrected chi connectivity index (χ1v) is 15.5. The zero-order valence-electron chi connectivity index (χ0n) is 27.2. The van der Waals surface area contributed by atoms with Crippen molar-refractivity contribution in [1.82, 2.24) is 24.4 Å². The third kappa shape index (κ3) is 7.74. The van der Waals surface area contributed by atoms with Crippen molar-refractivity contribution in [2.24, 2.45) is 0 Å². The van der Waals surface area contributed by atoms with E-state index in [2.05, 4.69) is 35.6 Å². The third-order valence-corrected chi connectivity index (χ3v) is 7.89. The number of ether oxygens (including phenoxy) is 2. The van der Waals surface area contributed by atoms with Crippen LogP contribution >= 0.6 is 0 Å². The molecule has 0 bridgehead atoms. The van der Waals surface area contributed by atoms with E-state index in [-0.39, 0.29) is 30.1 Å². The van der Waals surface area contributed by atoms with Gasteiger partial charge in [-0.05, 0) is 71.7 Å². The summed E-state index contributed by atoms with van der Waals surface area (Å²) in [7, 11) is 0. The van der Waals surface area contributed by atoms with Crippen molar-refractivity contribution in [2.45, 2.75) is 79.5 Å². The van der Waals surface area contributed by atoms with E-state index in [1.807, 2.05) is 45.2 Å². The molecule has 1 aliphatic heterocycles. The summed E-state index contributed by atoms with van der Waals surface area (Å²) in [5.74, 6) is 6.29. The van der Waals surface area contributed by atoms with E-state index < -0.39 is 5.60 Å². The van der Waals surface area contributed by atoms with Gasteiger partial charge in [-0.2, -0.15) is 0 Å². The molecule has 0 atom stereocenters. The Morgan fingerprint density at radius 2 is 1.80 bits per heavy atom. The number of nitrogens with two attached hydrogens (primary N) is 1. The van der Waals surface area contributed by atoms with Crippen molar-refractivity contribution in [2.75, 3.05) is 45.2 Å². The Labute approximate surface area is 259 Å². The van der Waals surface area contributed by atoms with E-state index in [1.165, 1.54) is 0 Å². The highest BCUT2D eigenvalue weighted by molar-refractivity contribution is 6.07. The number of benzene rings is 1. The van der Waals surface area contributed by atoms with Crippen LogP contribution in [0, 0.1) is 6.92 Å². The van der Waals surface area contributed by atoms with Crippen LogP contribution in [-0.2, 0) is 17.7 Å². The molecule has 1 fully saturated rings. The van der Waals surface area contributed by atoms with Gasteiger partial charge in [-0.3, -0.25) is 14.5 Å². The number of carbonyl (C=O) groups excluding carboxylic acids is 2. The molecule has 1 aromatic carbocycles. The SMILES string of the molecule is CCCc1cc(C)n(N)c(=O)c1CNC(=O)c1cc(OCCN2CCN(C(=O)OC(C)(C)C)CC2)cc2c1ccn2C(C)C. The van der Waals surface area contributed by atoms with Crippen molar-refractivity contribution >= 4 is 22.9 Å². The molecule has 0 saturated carbocycles. The van der Waals surface area contributed by atoms with Gasteiger partial charge in [-0.1, -0.05) is 13.3 Å². The molecule has 3 heterocycles. The van der Waals surface area contributed by atoms with Gasteiger partial charge in [0.25, 0.3) is 11.5 Å². The first-order valence-electron chi connectivity index (χ1n) is 15.5. The van der Waals surface area contributed by atoms with Gasteiger partial charge in [0.05, 0.1) is 11.1 Å². The summed E-state index contributed by atoms with van der Waals surface area (Å²) in [6.45, 7) is 17.5. The molecule has 2 aromatic heterocycles. The molecule has 11 heteroatoms. The minimum absolute atomic E-state index is 0.0806. The smallest absolute Gasteiger partial charge is 0.410 e. The summed E-state index contributed by atoms with van der Waals surface area (Å²) in [5.41, 5.74) is 2.66. The molecule has 11 nitrogen and oxygen atoms in total. The highest BCUT2D eigenvalue weighted by Gasteiger charge is 2.26. The number of pyridine rings is 1. The van der Waals surface area contributed by atoms with E-state index >= 15 is 0 Å². The number of fused-ring (bicyclic) bond motifs is 1. The first kappa shape index (κ1) is 32.9. The van der Waals surface area contributed by atoms with Crippen molar-refractivity contribution in [3.05, 3.63) is 63.2 Å². The second kappa shape index (κ2) is 13.8. The predicted molar refractivity (Wildman–Crippen MR) is 173 cm³/mol. The normalized spacial score (nSPS) is 14.3. The van der Waals surface area contributed by atoms with Gasteiger partial charge in [0.15, 0.2) is 0 Å². The van der Waals surface area contributed by atoms with Gasteiger partial charge in [0, 0.05) is 74.2 Å². The number of nitrogens with one attached hydrogen (secondary N) is 1. The van der Waals surface area contributed by atoms with Gasteiger partial charge in [0.2, 0.25) is 0 Å². The molecule has 44 heavy (non-hydrogen) atoms. The second-order valence-electron chi connectivity index (χ2n) is 12.8. The number of aromatic nitrogens is 2. The molecule has 1 aliphatic rings. The molecule has 3 aromatic rings. The van der Waals surface area contributed by atoms with Crippen LogP contribution in [0.5, 0.6) is 5.75 Å². The van der Waals surface area contributed by atoms with Crippen LogP contribution in [0.2, 0.25) is 0 Å². The lowest BCUT2D eigenvalue weighted by molar-refractivity contribution is 0.0137. The summed E-state index contributed by atoms with van der Waals surface area (Å²) in [6.07, 6.45) is 3.30. The van der Waals surface area contributed by atoms with E-state index in [0.29, 0.717) is 48.8 Å². The summed E-state index contributed by atoms with van der Waals surface area (Å²) in [4.78, 5) is 43.0. The van der Waals surface area contributed by atoms with Crippen molar-refractivity contribution in [3.63, 3.8) is 0 Å².